The summed E-state index contributed by atoms with van der Waals surface area (Å²) in [6.07, 6.45) is 0. The molecule has 2 aliphatic heterocycles. The zero-order valence-electron chi connectivity index (χ0n) is 12.3. The Morgan fingerprint density at radius 1 is 1.14 bits per heavy atom. The van der Waals surface area contributed by atoms with Gasteiger partial charge in [-0.1, -0.05) is 42.5 Å². The van der Waals surface area contributed by atoms with Crippen LogP contribution < -0.4 is 0 Å². The third-order valence-corrected chi connectivity index (χ3v) is 4.24. The molecule has 2 heterocycles. The van der Waals surface area contributed by atoms with Gasteiger partial charge in [0.05, 0.1) is 11.8 Å². The minimum absolute atomic E-state index is 0.0245. The van der Waals surface area contributed by atoms with E-state index >= 15 is 0 Å². The third-order valence-electron chi connectivity index (χ3n) is 4.24. The Hall–Kier alpha value is -1.94. The molecule has 2 unspecified atom stereocenters. The fourth-order valence-electron chi connectivity index (χ4n) is 3.29. The SMILES string of the molecule is C=C(C)CN1C(=O)C2CN(Cc3ccccc3)CC2C1=O. The maximum atomic E-state index is 12.4. The van der Waals surface area contributed by atoms with E-state index in [4.69, 9.17) is 0 Å². The summed E-state index contributed by atoms with van der Waals surface area (Å²) in [4.78, 5) is 28.3. The van der Waals surface area contributed by atoms with E-state index in [1.54, 1.807) is 0 Å². The topological polar surface area (TPSA) is 40.6 Å². The molecular formula is C17H20N2O2. The van der Waals surface area contributed by atoms with Crippen LogP contribution in [-0.4, -0.2) is 41.2 Å². The fraction of sp³-hybridized carbons (Fsp3) is 0.412. The molecule has 0 saturated carbocycles. The van der Waals surface area contributed by atoms with E-state index < -0.39 is 0 Å². The van der Waals surface area contributed by atoms with Crippen molar-refractivity contribution in [1.82, 2.24) is 9.80 Å². The highest BCUT2D eigenvalue weighted by molar-refractivity contribution is 6.06. The van der Waals surface area contributed by atoms with Gasteiger partial charge >= 0.3 is 0 Å². The second kappa shape index (κ2) is 5.45. The summed E-state index contributed by atoms with van der Waals surface area (Å²) in [5.74, 6) is -0.381. The van der Waals surface area contributed by atoms with Crippen LogP contribution in [0.2, 0.25) is 0 Å². The second-order valence-corrected chi connectivity index (χ2v) is 6.11. The van der Waals surface area contributed by atoms with E-state index in [9.17, 15) is 9.59 Å². The molecule has 0 aliphatic carbocycles. The number of rotatable bonds is 4. The molecule has 1 aromatic rings. The molecule has 0 spiro atoms. The minimum Gasteiger partial charge on any atom is -0.297 e. The molecule has 4 heteroatoms. The van der Waals surface area contributed by atoms with Gasteiger partial charge in [-0.3, -0.25) is 19.4 Å². The maximum Gasteiger partial charge on any atom is 0.234 e. The summed E-state index contributed by atoms with van der Waals surface area (Å²) in [5.41, 5.74) is 2.06. The second-order valence-electron chi connectivity index (χ2n) is 6.11. The predicted molar refractivity (Wildman–Crippen MR) is 80.2 cm³/mol. The van der Waals surface area contributed by atoms with Gasteiger partial charge in [-0.25, -0.2) is 0 Å². The lowest BCUT2D eigenvalue weighted by Crippen LogP contribution is -2.36. The molecule has 4 nitrogen and oxygen atoms in total. The molecule has 0 bridgehead atoms. The van der Waals surface area contributed by atoms with Gasteiger partial charge in [-0.2, -0.15) is 0 Å². The molecule has 1 aromatic carbocycles. The molecule has 0 radical (unpaired) electrons. The average molecular weight is 284 g/mol. The highest BCUT2D eigenvalue weighted by Gasteiger charge is 2.51. The Labute approximate surface area is 125 Å². The Morgan fingerprint density at radius 2 is 1.71 bits per heavy atom. The standard InChI is InChI=1S/C17H20N2O2/c1-12(2)8-19-16(20)14-10-18(11-15(14)17(19)21)9-13-6-4-3-5-7-13/h3-7,14-15H,1,8-11H2,2H3. The predicted octanol–water partition coefficient (Wildman–Crippen LogP) is 1.68. The number of benzene rings is 1. The smallest absolute Gasteiger partial charge is 0.234 e. The number of hydrogen-bond acceptors (Lipinski definition) is 3. The summed E-state index contributed by atoms with van der Waals surface area (Å²) >= 11 is 0. The minimum atomic E-state index is -0.166. The van der Waals surface area contributed by atoms with Gasteiger partial charge in [0.1, 0.15) is 0 Å². The molecule has 2 fully saturated rings. The van der Waals surface area contributed by atoms with Crippen LogP contribution in [0, 0.1) is 11.8 Å². The highest BCUT2D eigenvalue weighted by atomic mass is 16.2. The average Bonchev–Trinajstić information content (AvgIpc) is 2.95. The van der Waals surface area contributed by atoms with E-state index in [1.165, 1.54) is 10.5 Å². The van der Waals surface area contributed by atoms with Crippen LogP contribution >= 0.6 is 0 Å². The largest absolute Gasteiger partial charge is 0.297 e. The van der Waals surface area contributed by atoms with Crippen molar-refractivity contribution in [2.45, 2.75) is 13.5 Å². The number of amides is 2. The summed E-state index contributed by atoms with van der Waals surface area (Å²) in [5, 5.41) is 0. The van der Waals surface area contributed by atoms with Crippen LogP contribution in [0.1, 0.15) is 12.5 Å². The van der Waals surface area contributed by atoms with Gasteiger partial charge in [0, 0.05) is 26.2 Å². The lowest BCUT2D eigenvalue weighted by molar-refractivity contribution is -0.140. The number of hydrogen-bond donors (Lipinski definition) is 0. The van der Waals surface area contributed by atoms with Crippen molar-refractivity contribution in [3.8, 4) is 0 Å². The quantitative estimate of drug-likeness (QED) is 0.624. The van der Waals surface area contributed by atoms with Crippen LogP contribution in [0.4, 0.5) is 0 Å². The summed E-state index contributed by atoms with van der Waals surface area (Å²) in [6, 6.07) is 10.2. The fourth-order valence-corrected chi connectivity index (χ4v) is 3.29. The molecule has 2 amide bonds. The summed E-state index contributed by atoms with van der Waals surface area (Å²) in [7, 11) is 0. The molecule has 0 aromatic heterocycles. The highest BCUT2D eigenvalue weighted by Crippen LogP contribution is 2.34. The van der Waals surface area contributed by atoms with E-state index in [0.29, 0.717) is 19.6 Å². The van der Waals surface area contributed by atoms with Crippen molar-refractivity contribution >= 4 is 11.8 Å². The zero-order valence-corrected chi connectivity index (χ0v) is 12.3. The monoisotopic (exact) mass is 284 g/mol. The molecule has 2 aliphatic rings. The van der Waals surface area contributed by atoms with Gasteiger partial charge in [0.2, 0.25) is 11.8 Å². The van der Waals surface area contributed by atoms with E-state index in [2.05, 4.69) is 23.6 Å². The molecule has 110 valence electrons. The lowest BCUT2D eigenvalue weighted by Gasteiger charge is -2.20. The molecule has 2 saturated heterocycles. The first-order valence-electron chi connectivity index (χ1n) is 7.32. The molecule has 3 rings (SSSR count). The number of likely N-dealkylation sites (tertiary alicyclic amines) is 2. The van der Waals surface area contributed by atoms with Crippen molar-refractivity contribution in [2.75, 3.05) is 19.6 Å². The van der Waals surface area contributed by atoms with Gasteiger partial charge in [0.25, 0.3) is 0 Å². The molecular weight excluding hydrogens is 264 g/mol. The first-order chi connectivity index (χ1) is 10.1. The zero-order chi connectivity index (χ0) is 15.0. The van der Waals surface area contributed by atoms with Gasteiger partial charge in [-0.05, 0) is 12.5 Å². The van der Waals surface area contributed by atoms with Crippen molar-refractivity contribution in [1.29, 1.82) is 0 Å². The van der Waals surface area contributed by atoms with Crippen LogP contribution in [0.15, 0.2) is 42.5 Å². The van der Waals surface area contributed by atoms with Crippen molar-refractivity contribution < 1.29 is 9.59 Å². The first kappa shape index (κ1) is 14.0. The van der Waals surface area contributed by atoms with Gasteiger partial charge in [0.15, 0.2) is 0 Å². The number of imide groups is 1. The van der Waals surface area contributed by atoms with Crippen LogP contribution in [0.25, 0.3) is 0 Å². The molecule has 2 atom stereocenters. The van der Waals surface area contributed by atoms with E-state index in [0.717, 1.165) is 12.1 Å². The molecule has 21 heavy (non-hydrogen) atoms. The Balaban J connectivity index is 1.67. The first-order valence-corrected chi connectivity index (χ1v) is 7.32. The van der Waals surface area contributed by atoms with Crippen LogP contribution in [-0.2, 0) is 16.1 Å². The Morgan fingerprint density at radius 3 is 2.24 bits per heavy atom. The Kier molecular flexibility index (Phi) is 3.64. The summed E-state index contributed by atoms with van der Waals surface area (Å²) in [6.45, 7) is 8.16. The third kappa shape index (κ3) is 2.63. The normalized spacial score (nSPS) is 25.5. The van der Waals surface area contributed by atoms with E-state index in [-0.39, 0.29) is 23.7 Å². The van der Waals surface area contributed by atoms with E-state index in [1.807, 2.05) is 25.1 Å². The number of carbonyl (C=O) groups excluding carboxylic acids is 2. The number of nitrogens with zero attached hydrogens (tertiary/aromatic N) is 2. The van der Waals surface area contributed by atoms with Crippen molar-refractivity contribution in [3.05, 3.63) is 48.0 Å². The molecule has 0 N–H and O–H groups in total. The lowest BCUT2D eigenvalue weighted by atomic mass is 10.00. The number of fused-ring (bicyclic) bond motifs is 1. The summed E-state index contributed by atoms with van der Waals surface area (Å²) < 4.78 is 0. The van der Waals surface area contributed by atoms with Crippen molar-refractivity contribution in [2.24, 2.45) is 11.8 Å². The maximum absolute atomic E-state index is 12.4. The van der Waals surface area contributed by atoms with Gasteiger partial charge in [-0.15, -0.1) is 0 Å². The van der Waals surface area contributed by atoms with Crippen LogP contribution in [0.3, 0.4) is 0 Å². The van der Waals surface area contributed by atoms with Crippen molar-refractivity contribution in [3.63, 3.8) is 0 Å². The Bertz CT molecular complexity index is 558. The number of carbonyl (C=O) groups is 2. The van der Waals surface area contributed by atoms with Gasteiger partial charge < -0.3 is 0 Å². The van der Waals surface area contributed by atoms with Crippen LogP contribution in [0.5, 0.6) is 0 Å².